The largest absolute Gasteiger partial charge is 0.338 e. The molecule has 136 valence electrons. The molecule has 1 unspecified atom stereocenters. The molecule has 2 aromatic heterocycles. The van der Waals surface area contributed by atoms with E-state index in [2.05, 4.69) is 44.7 Å². The highest BCUT2D eigenvalue weighted by molar-refractivity contribution is 8.01. The zero-order valence-electron chi connectivity index (χ0n) is 14.8. The first-order chi connectivity index (χ1) is 13.2. The van der Waals surface area contributed by atoms with Crippen molar-refractivity contribution in [3.05, 3.63) is 66.1 Å². The molecular weight excluding hydrogens is 378 g/mol. The minimum atomic E-state index is -0.0188. The van der Waals surface area contributed by atoms with E-state index in [0.29, 0.717) is 11.7 Å². The summed E-state index contributed by atoms with van der Waals surface area (Å²) in [6.45, 7) is 4.07. The number of rotatable bonds is 6. The molecule has 8 heteroatoms. The normalized spacial score (nSPS) is 12.1. The van der Waals surface area contributed by atoms with Gasteiger partial charge in [0.25, 0.3) is 0 Å². The summed E-state index contributed by atoms with van der Waals surface area (Å²) in [4.78, 5) is 4.50. The number of aromatic nitrogens is 4. The van der Waals surface area contributed by atoms with E-state index < -0.39 is 0 Å². The van der Waals surface area contributed by atoms with Crippen LogP contribution in [0.4, 0.5) is 10.8 Å². The second-order valence-corrected chi connectivity index (χ2v) is 8.52. The molecule has 0 fully saturated rings. The van der Waals surface area contributed by atoms with Crippen molar-refractivity contribution >= 4 is 33.9 Å². The lowest BCUT2D eigenvalue weighted by atomic mass is 10.2. The molecule has 4 aromatic rings. The molecule has 2 aromatic carbocycles. The molecule has 0 radical (unpaired) electrons. The summed E-state index contributed by atoms with van der Waals surface area (Å²) < 4.78 is 6.27. The quantitative estimate of drug-likeness (QED) is 0.432. The Bertz CT molecular complexity index is 1030. The van der Waals surface area contributed by atoms with Crippen molar-refractivity contribution in [2.75, 3.05) is 5.32 Å². The van der Waals surface area contributed by atoms with Gasteiger partial charge >= 0.3 is 0 Å². The van der Waals surface area contributed by atoms with E-state index in [4.69, 9.17) is 4.52 Å². The highest BCUT2D eigenvalue weighted by Crippen LogP contribution is 2.37. The van der Waals surface area contributed by atoms with Crippen molar-refractivity contribution in [2.45, 2.75) is 23.4 Å². The van der Waals surface area contributed by atoms with Gasteiger partial charge in [0, 0.05) is 11.3 Å². The first-order valence-electron chi connectivity index (χ1n) is 8.40. The Morgan fingerprint density at radius 3 is 2.74 bits per heavy atom. The minimum Gasteiger partial charge on any atom is -0.338 e. The van der Waals surface area contributed by atoms with E-state index in [-0.39, 0.29) is 5.25 Å². The number of hydrogen-bond donors (Lipinski definition) is 1. The van der Waals surface area contributed by atoms with Crippen LogP contribution in [0.2, 0.25) is 0 Å². The molecule has 27 heavy (non-hydrogen) atoms. The number of thioether (sulfide) groups is 1. The molecule has 6 nitrogen and oxygen atoms in total. The smallest absolute Gasteiger partial charge is 0.240 e. The van der Waals surface area contributed by atoms with Crippen LogP contribution in [-0.4, -0.2) is 20.3 Å². The summed E-state index contributed by atoms with van der Waals surface area (Å²) in [7, 11) is 0. The van der Waals surface area contributed by atoms with E-state index in [1.807, 2.05) is 49.4 Å². The first-order valence-corrected chi connectivity index (χ1v) is 10.1. The zero-order valence-corrected chi connectivity index (χ0v) is 16.4. The number of aryl methyl sites for hydroxylation is 1. The van der Waals surface area contributed by atoms with Gasteiger partial charge in [0.15, 0.2) is 4.34 Å². The molecule has 0 spiro atoms. The summed E-state index contributed by atoms with van der Waals surface area (Å²) in [5.41, 5.74) is 3.13. The fourth-order valence-electron chi connectivity index (χ4n) is 2.46. The Morgan fingerprint density at radius 1 is 1.07 bits per heavy atom. The number of anilines is 2. The van der Waals surface area contributed by atoms with Crippen molar-refractivity contribution in [3.63, 3.8) is 0 Å². The van der Waals surface area contributed by atoms with Gasteiger partial charge in [-0.2, -0.15) is 4.98 Å². The molecule has 1 atom stereocenters. The Morgan fingerprint density at radius 2 is 1.93 bits per heavy atom. The average molecular weight is 396 g/mol. The van der Waals surface area contributed by atoms with Crippen LogP contribution in [-0.2, 0) is 0 Å². The van der Waals surface area contributed by atoms with Gasteiger partial charge in [0.2, 0.25) is 16.8 Å². The third kappa shape index (κ3) is 4.35. The van der Waals surface area contributed by atoms with E-state index >= 15 is 0 Å². The molecular formula is C19H17N5OS2. The van der Waals surface area contributed by atoms with Crippen molar-refractivity contribution in [1.82, 2.24) is 20.3 Å². The minimum absolute atomic E-state index is 0.0188. The monoisotopic (exact) mass is 395 g/mol. The fourth-order valence-corrected chi connectivity index (χ4v) is 4.41. The van der Waals surface area contributed by atoms with Crippen LogP contribution < -0.4 is 5.32 Å². The van der Waals surface area contributed by atoms with Crippen molar-refractivity contribution in [2.24, 2.45) is 0 Å². The summed E-state index contributed by atoms with van der Waals surface area (Å²) in [5, 5.41) is 16.5. The summed E-state index contributed by atoms with van der Waals surface area (Å²) in [5.74, 6) is 1.17. The molecule has 4 rings (SSSR count). The summed E-state index contributed by atoms with van der Waals surface area (Å²) in [6.07, 6.45) is 0. The predicted molar refractivity (Wildman–Crippen MR) is 108 cm³/mol. The first kappa shape index (κ1) is 17.7. The zero-order chi connectivity index (χ0) is 18.6. The molecule has 0 bridgehead atoms. The van der Waals surface area contributed by atoms with Gasteiger partial charge < -0.3 is 9.84 Å². The standard InChI is InChI=1S/C19H17N5OS2/c1-12-7-6-10-15(11-12)20-18-22-23-19(27-18)26-13(2)17-21-16(24-25-17)14-8-4-3-5-9-14/h3-11,13H,1-2H3,(H,20,22). The molecule has 0 saturated carbocycles. The molecule has 0 amide bonds. The molecule has 0 saturated heterocycles. The van der Waals surface area contributed by atoms with Gasteiger partial charge in [-0.25, -0.2) is 0 Å². The third-order valence-corrected chi connectivity index (χ3v) is 5.79. The SMILES string of the molecule is Cc1cccc(Nc2nnc(SC(C)c3nc(-c4ccccc4)no3)s2)c1. The number of hydrogen-bond acceptors (Lipinski definition) is 8. The highest BCUT2D eigenvalue weighted by Gasteiger charge is 2.18. The van der Waals surface area contributed by atoms with E-state index in [1.165, 1.54) is 16.9 Å². The summed E-state index contributed by atoms with van der Waals surface area (Å²) in [6, 6.07) is 17.9. The Kier molecular flexibility index (Phi) is 5.17. The van der Waals surface area contributed by atoms with Gasteiger partial charge in [-0.3, -0.25) is 0 Å². The molecule has 2 heterocycles. The van der Waals surface area contributed by atoms with Gasteiger partial charge in [0.05, 0.1) is 5.25 Å². The van der Waals surface area contributed by atoms with Crippen LogP contribution in [0.25, 0.3) is 11.4 Å². The van der Waals surface area contributed by atoms with E-state index in [9.17, 15) is 0 Å². The van der Waals surface area contributed by atoms with Crippen LogP contribution in [0, 0.1) is 6.92 Å². The molecule has 0 aliphatic rings. The lowest BCUT2D eigenvalue weighted by molar-refractivity contribution is 0.381. The molecule has 0 aliphatic carbocycles. The summed E-state index contributed by atoms with van der Waals surface area (Å²) >= 11 is 3.05. The van der Waals surface area contributed by atoms with Gasteiger partial charge in [0.1, 0.15) is 0 Å². The van der Waals surface area contributed by atoms with Crippen LogP contribution in [0.3, 0.4) is 0 Å². The van der Waals surface area contributed by atoms with Crippen molar-refractivity contribution in [1.29, 1.82) is 0 Å². The Balaban J connectivity index is 1.42. The van der Waals surface area contributed by atoms with Crippen LogP contribution in [0.1, 0.15) is 23.6 Å². The molecule has 1 N–H and O–H groups in total. The van der Waals surface area contributed by atoms with Crippen molar-refractivity contribution < 1.29 is 4.52 Å². The maximum Gasteiger partial charge on any atom is 0.240 e. The van der Waals surface area contributed by atoms with Crippen molar-refractivity contribution in [3.8, 4) is 11.4 Å². The lowest BCUT2D eigenvalue weighted by Crippen LogP contribution is -1.89. The van der Waals surface area contributed by atoms with Crippen LogP contribution in [0.5, 0.6) is 0 Å². The van der Waals surface area contributed by atoms with Gasteiger partial charge in [-0.1, -0.05) is 70.7 Å². The number of nitrogens with zero attached hydrogens (tertiary/aromatic N) is 4. The predicted octanol–water partition coefficient (Wildman–Crippen LogP) is 5.49. The topological polar surface area (TPSA) is 76.7 Å². The maximum atomic E-state index is 5.43. The fraction of sp³-hybridized carbons (Fsp3) is 0.158. The lowest BCUT2D eigenvalue weighted by Gasteiger charge is -2.02. The maximum absolute atomic E-state index is 5.43. The second kappa shape index (κ2) is 7.89. The van der Waals surface area contributed by atoms with Gasteiger partial charge in [-0.15, -0.1) is 10.2 Å². The van der Waals surface area contributed by atoms with Crippen LogP contribution >= 0.6 is 23.1 Å². The van der Waals surface area contributed by atoms with Gasteiger partial charge in [-0.05, 0) is 31.5 Å². The highest BCUT2D eigenvalue weighted by atomic mass is 32.2. The third-order valence-electron chi connectivity index (χ3n) is 3.77. The Labute approximate surface area is 165 Å². The number of nitrogens with one attached hydrogen (secondary N) is 1. The number of benzene rings is 2. The second-order valence-electron chi connectivity index (χ2n) is 5.95. The average Bonchev–Trinajstić information content (AvgIpc) is 3.32. The van der Waals surface area contributed by atoms with E-state index in [0.717, 1.165) is 20.7 Å². The van der Waals surface area contributed by atoms with E-state index in [1.54, 1.807) is 11.8 Å². The molecule has 0 aliphatic heterocycles. The Hall–Kier alpha value is -2.71. The van der Waals surface area contributed by atoms with Crippen LogP contribution in [0.15, 0.2) is 63.5 Å².